The Morgan fingerprint density at radius 1 is 0.917 bits per heavy atom. The summed E-state index contributed by atoms with van der Waals surface area (Å²) in [5.41, 5.74) is 3.83. The third-order valence-corrected chi connectivity index (χ3v) is 4.70. The van der Waals surface area contributed by atoms with Gasteiger partial charge < -0.3 is 5.32 Å². The molecule has 0 bridgehead atoms. The summed E-state index contributed by atoms with van der Waals surface area (Å²) in [5, 5.41) is 6.53. The smallest absolute Gasteiger partial charge is 0.149 e. The Kier molecular flexibility index (Phi) is 3.92. The summed E-state index contributed by atoms with van der Waals surface area (Å²) in [4.78, 5) is 13.9. The minimum Gasteiger partial charge on any atom is -0.355 e. The highest BCUT2D eigenvalue weighted by Gasteiger charge is 2.18. The van der Waals surface area contributed by atoms with Gasteiger partial charge in [-0.3, -0.25) is 0 Å². The molecule has 0 fully saturated rings. The van der Waals surface area contributed by atoms with Crippen LogP contribution in [0.2, 0.25) is 0 Å². The molecule has 1 N–H and O–H groups in total. The van der Waals surface area contributed by atoms with Gasteiger partial charge in [-0.25, -0.2) is 15.0 Å². The number of fused-ring (bicyclic) bond motifs is 1. The number of para-hydroxylation sites is 2. The minimum atomic E-state index is -0.0413. The normalized spacial score (nSPS) is 12.2. The number of thiazole rings is 1. The molecule has 1 unspecified atom stereocenters. The Balaban J connectivity index is 1.77. The maximum atomic E-state index is 4.75. The molecule has 2 aromatic carbocycles. The number of nitrogens with zero attached hydrogens (tertiary/aromatic N) is 3. The molecule has 0 amide bonds. The van der Waals surface area contributed by atoms with Gasteiger partial charge in [-0.15, -0.1) is 11.3 Å². The molecule has 24 heavy (non-hydrogen) atoms. The van der Waals surface area contributed by atoms with Crippen molar-refractivity contribution in [2.24, 2.45) is 0 Å². The van der Waals surface area contributed by atoms with Crippen LogP contribution in [0.5, 0.6) is 0 Å². The number of aryl methyl sites for hydroxylation is 1. The van der Waals surface area contributed by atoms with Gasteiger partial charge in [0.2, 0.25) is 0 Å². The van der Waals surface area contributed by atoms with Crippen molar-refractivity contribution in [3.05, 3.63) is 82.4 Å². The zero-order valence-electron chi connectivity index (χ0n) is 13.2. The first-order chi connectivity index (χ1) is 11.8. The van der Waals surface area contributed by atoms with Crippen LogP contribution >= 0.6 is 11.3 Å². The minimum absolute atomic E-state index is 0.0413. The van der Waals surface area contributed by atoms with Crippen molar-refractivity contribution in [3.8, 4) is 0 Å². The van der Waals surface area contributed by atoms with Gasteiger partial charge >= 0.3 is 0 Å². The van der Waals surface area contributed by atoms with Crippen LogP contribution in [0.3, 0.4) is 0 Å². The Bertz CT molecular complexity index is 952. The fourth-order valence-electron chi connectivity index (χ4n) is 2.67. The van der Waals surface area contributed by atoms with E-state index in [1.807, 2.05) is 61.0 Å². The number of hydrogen-bond acceptors (Lipinski definition) is 5. The van der Waals surface area contributed by atoms with Crippen molar-refractivity contribution >= 4 is 28.2 Å². The second-order valence-corrected chi connectivity index (χ2v) is 6.43. The molecule has 0 radical (unpaired) electrons. The van der Waals surface area contributed by atoms with Crippen molar-refractivity contribution in [3.63, 3.8) is 0 Å². The van der Waals surface area contributed by atoms with E-state index in [0.717, 1.165) is 33.1 Å². The SMILES string of the molecule is Cc1nc2ccccc2nc1NC(c1ccccc1)c1nccs1. The monoisotopic (exact) mass is 332 g/mol. The van der Waals surface area contributed by atoms with Gasteiger partial charge in [0.1, 0.15) is 16.9 Å². The second-order valence-electron chi connectivity index (χ2n) is 5.50. The van der Waals surface area contributed by atoms with Gasteiger partial charge in [0.05, 0.1) is 16.7 Å². The number of benzene rings is 2. The van der Waals surface area contributed by atoms with Gasteiger partial charge in [0.25, 0.3) is 0 Å². The van der Waals surface area contributed by atoms with Crippen molar-refractivity contribution in [1.82, 2.24) is 15.0 Å². The van der Waals surface area contributed by atoms with Crippen LogP contribution in [-0.4, -0.2) is 15.0 Å². The molecule has 0 aliphatic carbocycles. The largest absolute Gasteiger partial charge is 0.355 e. The lowest BCUT2D eigenvalue weighted by atomic mass is 10.1. The fourth-order valence-corrected chi connectivity index (χ4v) is 3.39. The van der Waals surface area contributed by atoms with E-state index in [9.17, 15) is 0 Å². The number of anilines is 1. The summed E-state index contributed by atoms with van der Waals surface area (Å²) < 4.78 is 0. The standard InChI is InChI=1S/C19H16N4S/c1-13-18(22-16-10-6-5-9-15(16)21-13)23-17(19-20-11-12-24-19)14-7-3-2-4-8-14/h2-12,17H,1H3,(H,22,23). The highest BCUT2D eigenvalue weighted by molar-refractivity contribution is 7.09. The van der Waals surface area contributed by atoms with Crippen LogP contribution in [0.4, 0.5) is 5.82 Å². The lowest BCUT2D eigenvalue weighted by Crippen LogP contribution is -2.14. The topological polar surface area (TPSA) is 50.7 Å². The summed E-state index contributed by atoms with van der Waals surface area (Å²) in [7, 11) is 0. The summed E-state index contributed by atoms with van der Waals surface area (Å²) in [6.45, 7) is 1.98. The van der Waals surface area contributed by atoms with E-state index in [-0.39, 0.29) is 6.04 Å². The van der Waals surface area contributed by atoms with Crippen LogP contribution in [0.1, 0.15) is 22.3 Å². The molecule has 5 heteroatoms. The van der Waals surface area contributed by atoms with Gasteiger partial charge in [-0.1, -0.05) is 42.5 Å². The molecule has 118 valence electrons. The zero-order valence-corrected chi connectivity index (χ0v) is 14.0. The Morgan fingerprint density at radius 3 is 2.33 bits per heavy atom. The lowest BCUT2D eigenvalue weighted by Gasteiger charge is -2.19. The molecule has 2 heterocycles. The predicted octanol–water partition coefficient (Wildman–Crippen LogP) is 4.60. The molecular weight excluding hydrogens is 316 g/mol. The molecule has 4 nitrogen and oxygen atoms in total. The van der Waals surface area contributed by atoms with Gasteiger partial charge in [-0.05, 0) is 24.6 Å². The van der Waals surface area contributed by atoms with Crippen molar-refractivity contribution in [1.29, 1.82) is 0 Å². The van der Waals surface area contributed by atoms with Gasteiger partial charge in [-0.2, -0.15) is 0 Å². The fraction of sp³-hybridized carbons (Fsp3) is 0.105. The van der Waals surface area contributed by atoms with Gasteiger partial charge in [0.15, 0.2) is 0 Å². The van der Waals surface area contributed by atoms with E-state index in [0.29, 0.717) is 0 Å². The summed E-state index contributed by atoms with van der Waals surface area (Å²) in [5.74, 6) is 0.790. The van der Waals surface area contributed by atoms with E-state index in [2.05, 4.69) is 27.4 Å². The van der Waals surface area contributed by atoms with Crippen molar-refractivity contribution < 1.29 is 0 Å². The summed E-state index contributed by atoms with van der Waals surface area (Å²) in [6, 6.07) is 18.2. The number of hydrogen-bond donors (Lipinski definition) is 1. The van der Waals surface area contributed by atoms with Crippen LogP contribution in [0.25, 0.3) is 11.0 Å². The van der Waals surface area contributed by atoms with Gasteiger partial charge in [0, 0.05) is 11.6 Å². The van der Waals surface area contributed by atoms with E-state index >= 15 is 0 Å². The maximum Gasteiger partial charge on any atom is 0.149 e. The first kappa shape index (κ1) is 14.8. The Labute approximate surface area is 144 Å². The van der Waals surface area contributed by atoms with Crippen molar-refractivity contribution in [2.45, 2.75) is 13.0 Å². The molecular formula is C19H16N4S. The molecule has 4 rings (SSSR count). The summed E-state index contributed by atoms with van der Waals surface area (Å²) in [6.07, 6.45) is 1.83. The number of rotatable bonds is 4. The molecule has 0 aliphatic rings. The van der Waals surface area contributed by atoms with Crippen molar-refractivity contribution in [2.75, 3.05) is 5.32 Å². The average molecular weight is 332 g/mol. The van der Waals surface area contributed by atoms with Crippen LogP contribution in [0.15, 0.2) is 66.2 Å². The Morgan fingerprint density at radius 2 is 1.62 bits per heavy atom. The van der Waals surface area contributed by atoms with E-state index < -0.39 is 0 Å². The molecule has 2 aromatic heterocycles. The molecule has 0 spiro atoms. The highest BCUT2D eigenvalue weighted by atomic mass is 32.1. The first-order valence-electron chi connectivity index (χ1n) is 7.75. The summed E-state index contributed by atoms with van der Waals surface area (Å²) >= 11 is 1.63. The quantitative estimate of drug-likeness (QED) is 0.593. The molecule has 1 atom stereocenters. The third kappa shape index (κ3) is 2.86. The lowest BCUT2D eigenvalue weighted by molar-refractivity contribution is 0.904. The van der Waals surface area contributed by atoms with Crippen LogP contribution in [0, 0.1) is 6.92 Å². The number of aromatic nitrogens is 3. The van der Waals surface area contributed by atoms with E-state index in [1.165, 1.54) is 0 Å². The third-order valence-electron chi connectivity index (χ3n) is 3.86. The predicted molar refractivity (Wildman–Crippen MR) is 98.3 cm³/mol. The average Bonchev–Trinajstić information content (AvgIpc) is 3.15. The zero-order chi connectivity index (χ0) is 16.4. The molecule has 0 saturated carbocycles. The molecule has 4 aromatic rings. The van der Waals surface area contributed by atoms with Crippen LogP contribution in [-0.2, 0) is 0 Å². The second kappa shape index (κ2) is 6.37. The molecule has 0 aliphatic heterocycles. The van der Waals surface area contributed by atoms with E-state index in [1.54, 1.807) is 11.3 Å². The van der Waals surface area contributed by atoms with E-state index in [4.69, 9.17) is 4.98 Å². The first-order valence-corrected chi connectivity index (χ1v) is 8.63. The Hall–Kier alpha value is -2.79. The molecule has 0 saturated heterocycles. The number of nitrogens with one attached hydrogen (secondary N) is 1. The maximum absolute atomic E-state index is 4.75. The van der Waals surface area contributed by atoms with Crippen LogP contribution < -0.4 is 5.32 Å². The highest BCUT2D eigenvalue weighted by Crippen LogP contribution is 2.28.